The molecule has 1 aliphatic carbocycles. The van der Waals surface area contributed by atoms with Crippen LogP contribution in [0.5, 0.6) is 0 Å². The minimum Gasteiger partial charge on any atom is -0.325 e. The van der Waals surface area contributed by atoms with Crippen LogP contribution in [0, 0.1) is 0 Å². The van der Waals surface area contributed by atoms with E-state index in [2.05, 4.69) is 15.2 Å². The molecule has 26 heavy (non-hydrogen) atoms. The molecule has 0 bridgehead atoms. The van der Waals surface area contributed by atoms with E-state index < -0.39 is 0 Å². The molecule has 3 rings (SSSR count). The van der Waals surface area contributed by atoms with Crippen molar-refractivity contribution in [3.8, 4) is 0 Å². The van der Waals surface area contributed by atoms with Gasteiger partial charge in [-0.2, -0.15) is 4.98 Å². The summed E-state index contributed by atoms with van der Waals surface area (Å²) in [6, 6.07) is 9.37. The summed E-state index contributed by atoms with van der Waals surface area (Å²) in [5.74, 6) is 0.154. The molecule has 1 aromatic carbocycles. The number of carbonyl (C=O) groups is 1. The average Bonchev–Trinajstić information content (AvgIpc) is 3.09. The van der Waals surface area contributed by atoms with Crippen molar-refractivity contribution in [2.45, 2.75) is 30.8 Å². The van der Waals surface area contributed by atoms with Crippen molar-refractivity contribution in [2.24, 2.45) is 0 Å². The fraction of sp³-hybridized carbons (Fsp3) is 0.421. The number of thioether (sulfide) groups is 1. The molecule has 1 heterocycles. The van der Waals surface area contributed by atoms with Gasteiger partial charge in [-0.25, -0.2) is 4.79 Å². The summed E-state index contributed by atoms with van der Waals surface area (Å²) in [6.45, 7) is 1.46. The number of nitrogens with one attached hydrogen (secondary N) is 1. The van der Waals surface area contributed by atoms with E-state index in [0.29, 0.717) is 11.6 Å². The summed E-state index contributed by atoms with van der Waals surface area (Å²) in [7, 11) is 3.99. The van der Waals surface area contributed by atoms with E-state index in [-0.39, 0.29) is 17.3 Å². The Bertz CT molecular complexity index is 833. The van der Waals surface area contributed by atoms with Gasteiger partial charge in [-0.15, -0.1) is 0 Å². The summed E-state index contributed by atoms with van der Waals surface area (Å²) >= 11 is 1.35. The smallest absolute Gasteiger partial charge is 0.325 e. The molecule has 0 atom stereocenters. The topological polar surface area (TPSA) is 67.2 Å². The molecule has 0 radical (unpaired) electrons. The number of amides is 1. The molecule has 0 saturated heterocycles. The molecule has 1 amide bonds. The molecular weight excluding hydrogens is 348 g/mol. The fourth-order valence-corrected chi connectivity index (χ4v) is 3.97. The Balaban J connectivity index is 1.71. The maximum absolute atomic E-state index is 12.5. The molecule has 0 fully saturated rings. The Labute approximate surface area is 157 Å². The van der Waals surface area contributed by atoms with Crippen LogP contribution in [0.15, 0.2) is 40.2 Å². The zero-order chi connectivity index (χ0) is 18.5. The quantitative estimate of drug-likeness (QED) is 0.595. The van der Waals surface area contributed by atoms with Crippen LogP contribution in [0.25, 0.3) is 0 Å². The van der Waals surface area contributed by atoms with Crippen molar-refractivity contribution in [1.82, 2.24) is 14.5 Å². The van der Waals surface area contributed by atoms with Crippen LogP contribution < -0.4 is 11.0 Å². The Hall–Kier alpha value is -2.12. The molecule has 1 N–H and O–H groups in total. The second kappa shape index (κ2) is 8.51. The SMILES string of the molecule is CN(C)CCn1c2c(c(SCC(=O)Nc3ccccc3)nc1=O)CCC2. The van der Waals surface area contributed by atoms with Crippen molar-refractivity contribution in [1.29, 1.82) is 0 Å². The van der Waals surface area contributed by atoms with Crippen LogP contribution in [-0.2, 0) is 24.2 Å². The van der Waals surface area contributed by atoms with Crippen LogP contribution in [-0.4, -0.2) is 46.8 Å². The average molecular weight is 372 g/mol. The van der Waals surface area contributed by atoms with Gasteiger partial charge in [0.25, 0.3) is 0 Å². The number of anilines is 1. The van der Waals surface area contributed by atoms with Gasteiger partial charge in [0, 0.05) is 30.0 Å². The number of aromatic nitrogens is 2. The number of hydrogen-bond donors (Lipinski definition) is 1. The number of para-hydroxylation sites is 1. The number of benzene rings is 1. The Morgan fingerprint density at radius 2 is 2.04 bits per heavy atom. The van der Waals surface area contributed by atoms with Crippen molar-refractivity contribution < 1.29 is 4.79 Å². The van der Waals surface area contributed by atoms with Crippen molar-refractivity contribution in [3.63, 3.8) is 0 Å². The van der Waals surface area contributed by atoms with E-state index in [1.807, 2.05) is 44.4 Å². The highest BCUT2D eigenvalue weighted by Crippen LogP contribution is 2.29. The molecular formula is C19H24N4O2S. The lowest BCUT2D eigenvalue weighted by Crippen LogP contribution is -2.31. The first-order valence-corrected chi connectivity index (χ1v) is 9.78. The van der Waals surface area contributed by atoms with E-state index in [1.165, 1.54) is 11.8 Å². The van der Waals surface area contributed by atoms with E-state index in [9.17, 15) is 9.59 Å². The van der Waals surface area contributed by atoms with Crippen LogP contribution in [0.3, 0.4) is 0 Å². The molecule has 0 unspecified atom stereocenters. The number of likely N-dealkylation sites (N-methyl/N-ethyl adjacent to an activating group) is 1. The predicted molar refractivity (Wildman–Crippen MR) is 105 cm³/mol. The number of fused-ring (bicyclic) bond motifs is 1. The van der Waals surface area contributed by atoms with Gasteiger partial charge in [0.05, 0.1) is 5.75 Å². The molecule has 7 heteroatoms. The maximum atomic E-state index is 12.5. The summed E-state index contributed by atoms with van der Waals surface area (Å²) in [4.78, 5) is 31.0. The van der Waals surface area contributed by atoms with Crippen LogP contribution in [0.4, 0.5) is 5.69 Å². The normalized spacial score (nSPS) is 13.0. The Morgan fingerprint density at radius 1 is 1.27 bits per heavy atom. The first-order chi connectivity index (χ1) is 12.5. The van der Waals surface area contributed by atoms with Crippen LogP contribution in [0.2, 0.25) is 0 Å². The first-order valence-electron chi connectivity index (χ1n) is 8.79. The zero-order valence-electron chi connectivity index (χ0n) is 15.2. The lowest BCUT2D eigenvalue weighted by molar-refractivity contribution is -0.113. The van der Waals surface area contributed by atoms with Gasteiger partial charge < -0.3 is 10.2 Å². The highest BCUT2D eigenvalue weighted by atomic mass is 32.2. The lowest BCUT2D eigenvalue weighted by atomic mass is 10.2. The maximum Gasteiger partial charge on any atom is 0.348 e. The molecule has 1 aromatic heterocycles. The van der Waals surface area contributed by atoms with Gasteiger partial charge in [-0.1, -0.05) is 30.0 Å². The lowest BCUT2D eigenvalue weighted by Gasteiger charge is -2.16. The molecule has 6 nitrogen and oxygen atoms in total. The van der Waals surface area contributed by atoms with Crippen molar-refractivity contribution in [3.05, 3.63) is 52.1 Å². The number of hydrogen-bond acceptors (Lipinski definition) is 5. The van der Waals surface area contributed by atoms with Crippen molar-refractivity contribution in [2.75, 3.05) is 31.7 Å². The number of carbonyl (C=O) groups excluding carboxylic acids is 1. The standard InChI is InChI=1S/C19H24N4O2S/c1-22(2)11-12-23-16-10-6-9-15(16)18(21-19(23)25)26-13-17(24)20-14-7-4-3-5-8-14/h3-5,7-8H,6,9-13H2,1-2H3,(H,20,24). The predicted octanol–water partition coefficient (Wildman–Crippen LogP) is 2.02. The summed E-state index contributed by atoms with van der Waals surface area (Å²) in [6.07, 6.45) is 2.86. The van der Waals surface area contributed by atoms with E-state index >= 15 is 0 Å². The Morgan fingerprint density at radius 3 is 2.77 bits per heavy atom. The van der Waals surface area contributed by atoms with Gasteiger partial charge in [-0.05, 0) is 45.5 Å². The summed E-state index contributed by atoms with van der Waals surface area (Å²) in [5.41, 5.74) is 2.80. The van der Waals surface area contributed by atoms with Gasteiger partial charge in [-0.3, -0.25) is 9.36 Å². The fourth-order valence-electron chi connectivity index (χ4n) is 3.09. The second-order valence-electron chi connectivity index (χ2n) is 6.64. The van der Waals surface area contributed by atoms with Gasteiger partial charge in [0.1, 0.15) is 5.03 Å². The highest BCUT2D eigenvalue weighted by molar-refractivity contribution is 8.00. The third kappa shape index (κ3) is 4.53. The van der Waals surface area contributed by atoms with Crippen LogP contribution in [0.1, 0.15) is 17.7 Å². The highest BCUT2D eigenvalue weighted by Gasteiger charge is 2.22. The second-order valence-corrected chi connectivity index (χ2v) is 7.60. The molecule has 0 aliphatic heterocycles. The zero-order valence-corrected chi connectivity index (χ0v) is 16.0. The van der Waals surface area contributed by atoms with E-state index in [1.54, 1.807) is 4.57 Å². The molecule has 2 aromatic rings. The molecule has 0 saturated carbocycles. The molecule has 0 spiro atoms. The first kappa shape index (κ1) is 18.7. The summed E-state index contributed by atoms with van der Waals surface area (Å²) in [5, 5.41) is 3.58. The monoisotopic (exact) mass is 372 g/mol. The van der Waals surface area contributed by atoms with Gasteiger partial charge in [0.15, 0.2) is 0 Å². The number of rotatable bonds is 7. The van der Waals surface area contributed by atoms with Gasteiger partial charge >= 0.3 is 5.69 Å². The third-order valence-corrected chi connectivity index (χ3v) is 5.39. The van der Waals surface area contributed by atoms with Crippen LogP contribution >= 0.6 is 11.8 Å². The molecule has 1 aliphatic rings. The Kier molecular flexibility index (Phi) is 6.11. The van der Waals surface area contributed by atoms with E-state index in [4.69, 9.17) is 0 Å². The number of nitrogens with zero attached hydrogens (tertiary/aromatic N) is 3. The van der Waals surface area contributed by atoms with Crippen molar-refractivity contribution >= 4 is 23.4 Å². The summed E-state index contributed by atoms with van der Waals surface area (Å²) < 4.78 is 1.80. The molecule has 138 valence electrons. The van der Waals surface area contributed by atoms with Gasteiger partial charge in [0.2, 0.25) is 5.91 Å². The van der Waals surface area contributed by atoms with E-state index in [0.717, 1.165) is 42.8 Å². The largest absolute Gasteiger partial charge is 0.348 e. The third-order valence-electron chi connectivity index (χ3n) is 4.37. The minimum atomic E-state index is -0.210. The minimum absolute atomic E-state index is 0.0912.